The van der Waals surface area contributed by atoms with Crippen molar-refractivity contribution in [3.63, 3.8) is 0 Å². The highest BCUT2D eigenvalue weighted by Crippen LogP contribution is 2.49. The third-order valence-corrected chi connectivity index (χ3v) is 5.86. The van der Waals surface area contributed by atoms with Crippen LogP contribution in [0.1, 0.15) is 77.0 Å². The molecule has 2 saturated carbocycles. The van der Waals surface area contributed by atoms with E-state index in [1.54, 1.807) is 0 Å². The molecule has 2 fully saturated rings. The van der Waals surface area contributed by atoms with Gasteiger partial charge < -0.3 is 11.5 Å². The maximum absolute atomic E-state index is 12.2. The number of carbonyl (C=O) groups is 2. The van der Waals surface area contributed by atoms with E-state index < -0.39 is 0 Å². The molecule has 120 valence electrons. The molecule has 0 bridgehead atoms. The molecule has 4 heteroatoms. The van der Waals surface area contributed by atoms with E-state index in [0.717, 1.165) is 44.9 Å². The number of nitrogens with two attached hydrogens (primary N) is 2. The Morgan fingerprint density at radius 1 is 0.810 bits per heavy atom. The lowest BCUT2D eigenvalue weighted by atomic mass is 9.59. The summed E-state index contributed by atoms with van der Waals surface area (Å²) in [6.07, 6.45) is 12.7. The van der Waals surface area contributed by atoms with Gasteiger partial charge in [0.05, 0.1) is 5.41 Å². The van der Waals surface area contributed by atoms with Crippen molar-refractivity contribution in [1.82, 2.24) is 0 Å². The van der Waals surface area contributed by atoms with Crippen LogP contribution >= 0.6 is 0 Å². The first-order valence-electron chi connectivity index (χ1n) is 8.65. The van der Waals surface area contributed by atoms with Gasteiger partial charge >= 0.3 is 0 Å². The number of amides is 2. The van der Waals surface area contributed by atoms with Crippen molar-refractivity contribution in [2.75, 3.05) is 0 Å². The second-order valence-electron chi connectivity index (χ2n) is 7.10. The number of primary amides is 2. The van der Waals surface area contributed by atoms with E-state index in [1.165, 1.54) is 32.1 Å². The summed E-state index contributed by atoms with van der Waals surface area (Å²) in [7, 11) is 0. The predicted octanol–water partition coefficient (Wildman–Crippen LogP) is 2.88. The lowest BCUT2D eigenvalue weighted by Crippen LogP contribution is -2.48. The van der Waals surface area contributed by atoms with E-state index in [2.05, 4.69) is 0 Å². The van der Waals surface area contributed by atoms with Crippen molar-refractivity contribution in [3.8, 4) is 0 Å². The smallest absolute Gasteiger partial charge is 0.223 e. The lowest BCUT2D eigenvalue weighted by molar-refractivity contribution is -0.138. The Labute approximate surface area is 128 Å². The molecule has 2 amide bonds. The minimum Gasteiger partial charge on any atom is -0.369 e. The number of fused-ring (bicyclic) bond motifs is 1. The zero-order valence-corrected chi connectivity index (χ0v) is 13.1. The minimum atomic E-state index is -0.379. The van der Waals surface area contributed by atoms with Crippen molar-refractivity contribution in [1.29, 1.82) is 0 Å². The molecule has 2 rings (SSSR count). The van der Waals surface area contributed by atoms with Crippen molar-refractivity contribution >= 4 is 11.8 Å². The fourth-order valence-corrected chi connectivity index (χ4v) is 4.47. The van der Waals surface area contributed by atoms with Gasteiger partial charge in [-0.3, -0.25) is 9.59 Å². The molecular formula is C17H30N2O2. The molecule has 0 saturated heterocycles. The zero-order valence-electron chi connectivity index (χ0n) is 13.1. The first-order chi connectivity index (χ1) is 10.1. The first kappa shape index (κ1) is 16.3. The Hall–Kier alpha value is -1.06. The SMILES string of the molecule is NC(=O)C1CCC2(C(N)=O)CCCCCCCCCC2C1. The highest BCUT2D eigenvalue weighted by molar-refractivity contribution is 5.82. The van der Waals surface area contributed by atoms with Crippen LogP contribution in [0.2, 0.25) is 0 Å². The fraction of sp³-hybridized carbons (Fsp3) is 0.882. The fourth-order valence-electron chi connectivity index (χ4n) is 4.47. The third kappa shape index (κ3) is 3.78. The molecule has 0 aromatic carbocycles. The van der Waals surface area contributed by atoms with Gasteiger partial charge in [-0.25, -0.2) is 0 Å². The van der Waals surface area contributed by atoms with Crippen LogP contribution in [0.5, 0.6) is 0 Å². The van der Waals surface area contributed by atoms with Gasteiger partial charge in [-0.1, -0.05) is 44.9 Å². The van der Waals surface area contributed by atoms with Crippen LogP contribution in [0.25, 0.3) is 0 Å². The van der Waals surface area contributed by atoms with E-state index >= 15 is 0 Å². The van der Waals surface area contributed by atoms with Crippen LogP contribution in [0.4, 0.5) is 0 Å². The molecule has 0 heterocycles. The van der Waals surface area contributed by atoms with E-state index in [1.807, 2.05) is 0 Å². The van der Waals surface area contributed by atoms with Gasteiger partial charge in [0.1, 0.15) is 0 Å². The quantitative estimate of drug-likeness (QED) is 0.820. The lowest BCUT2D eigenvalue weighted by Gasteiger charge is -2.44. The molecule has 0 aromatic rings. The molecule has 3 atom stereocenters. The Bertz CT molecular complexity index is 383. The number of carbonyl (C=O) groups excluding carboxylic acids is 2. The Morgan fingerprint density at radius 2 is 1.43 bits per heavy atom. The summed E-state index contributed by atoms with van der Waals surface area (Å²) < 4.78 is 0. The second kappa shape index (κ2) is 7.28. The normalized spacial score (nSPS) is 35.2. The average molecular weight is 294 g/mol. The van der Waals surface area contributed by atoms with Crippen molar-refractivity contribution in [2.45, 2.75) is 77.0 Å². The topological polar surface area (TPSA) is 86.2 Å². The van der Waals surface area contributed by atoms with Gasteiger partial charge in [0.25, 0.3) is 0 Å². The standard InChI is InChI=1S/C17H30N2O2/c18-15(20)13-9-11-17(16(19)21)10-7-5-3-1-2-4-6-8-14(17)12-13/h13-14H,1-12H2,(H2,18,20)(H2,19,21). The van der Waals surface area contributed by atoms with Crippen LogP contribution < -0.4 is 11.5 Å². The van der Waals surface area contributed by atoms with E-state index in [-0.39, 0.29) is 29.1 Å². The van der Waals surface area contributed by atoms with Crippen LogP contribution in [0, 0.1) is 17.3 Å². The maximum atomic E-state index is 12.2. The van der Waals surface area contributed by atoms with Gasteiger partial charge in [-0.15, -0.1) is 0 Å². The van der Waals surface area contributed by atoms with Crippen molar-refractivity contribution < 1.29 is 9.59 Å². The highest BCUT2D eigenvalue weighted by Gasteiger charge is 2.47. The van der Waals surface area contributed by atoms with Gasteiger partial charge in [-0.2, -0.15) is 0 Å². The molecule has 3 unspecified atom stereocenters. The molecule has 0 aromatic heterocycles. The van der Waals surface area contributed by atoms with Crippen molar-refractivity contribution in [3.05, 3.63) is 0 Å². The van der Waals surface area contributed by atoms with E-state index in [0.29, 0.717) is 0 Å². The average Bonchev–Trinajstić information content (AvgIpc) is 2.49. The summed E-state index contributed by atoms with van der Waals surface area (Å²) in [6, 6.07) is 0. The number of hydrogen-bond donors (Lipinski definition) is 2. The molecule has 0 spiro atoms. The Balaban J connectivity index is 2.17. The summed E-state index contributed by atoms with van der Waals surface area (Å²) in [5.74, 6) is -0.163. The van der Waals surface area contributed by atoms with E-state index in [9.17, 15) is 9.59 Å². The number of hydrogen-bond acceptors (Lipinski definition) is 2. The van der Waals surface area contributed by atoms with Gasteiger partial charge in [0, 0.05) is 5.92 Å². The highest BCUT2D eigenvalue weighted by atomic mass is 16.1. The van der Waals surface area contributed by atoms with Gasteiger partial charge in [-0.05, 0) is 38.0 Å². The van der Waals surface area contributed by atoms with Gasteiger partial charge in [0.15, 0.2) is 0 Å². The zero-order chi connectivity index (χ0) is 15.3. The Kier molecular flexibility index (Phi) is 5.65. The largest absolute Gasteiger partial charge is 0.369 e. The molecule has 0 radical (unpaired) electrons. The molecule has 2 aliphatic carbocycles. The summed E-state index contributed by atoms with van der Waals surface area (Å²) in [6.45, 7) is 0. The van der Waals surface area contributed by atoms with Gasteiger partial charge in [0.2, 0.25) is 11.8 Å². The summed E-state index contributed by atoms with van der Waals surface area (Å²) in [5, 5.41) is 0. The van der Waals surface area contributed by atoms with Crippen LogP contribution in [0.3, 0.4) is 0 Å². The molecule has 21 heavy (non-hydrogen) atoms. The molecule has 0 aliphatic heterocycles. The van der Waals surface area contributed by atoms with E-state index in [4.69, 9.17) is 11.5 Å². The molecular weight excluding hydrogens is 264 g/mol. The predicted molar refractivity (Wildman–Crippen MR) is 83.2 cm³/mol. The molecule has 4 nitrogen and oxygen atoms in total. The first-order valence-corrected chi connectivity index (χ1v) is 8.65. The second-order valence-corrected chi connectivity index (χ2v) is 7.10. The van der Waals surface area contributed by atoms with Crippen LogP contribution in [0.15, 0.2) is 0 Å². The number of rotatable bonds is 2. The molecule has 2 aliphatic rings. The monoisotopic (exact) mass is 294 g/mol. The van der Waals surface area contributed by atoms with Crippen LogP contribution in [-0.4, -0.2) is 11.8 Å². The minimum absolute atomic E-state index is 0.0624. The Morgan fingerprint density at radius 3 is 2.05 bits per heavy atom. The summed E-state index contributed by atoms with van der Waals surface area (Å²) >= 11 is 0. The maximum Gasteiger partial charge on any atom is 0.223 e. The third-order valence-electron chi connectivity index (χ3n) is 5.86. The molecule has 4 N–H and O–H groups in total. The van der Waals surface area contributed by atoms with Crippen LogP contribution in [-0.2, 0) is 9.59 Å². The van der Waals surface area contributed by atoms with Crippen molar-refractivity contribution in [2.24, 2.45) is 28.7 Å². The summed E-state index contributed by atoms with van der Waals surface area (Å²) in [4.78, 5) is 23.8. The summed E-state index contributed by atoms with van der Waals surface area (Å²) in [5.41, 5.74) is 11.0.